The highest BCUT2D eigenvalue weighted by molar-refractivity contribution is 6.08. The minimum atomic E-state index is -1.09. The highest BCUT2D eigenvalue weighted by Gasteiger charge is 2.60. The van der Waals surface area contributed by atoms with Crippen LogP contribution in [0.5, 0.6) is 11.5 Å². The van der Waals surface area contributed by atoms with Gasteiger partial charge in [0.05, 0.1) is 7.11 Å². The maximum Gasteiger partial charge on any atom is 0.328 e. The summed E-state index contributed by atoms with van der Waals surface area (Å²) in [4.78, 5) is 50.3. The third kappa shape index (κ3) is 4.01. The fraction of sp³-hybridized carbons (Fsp3) is 0.414. The van der Waals surface area contributed by atoms with Crippen LogP contribution in [0.1, 0.15) is 36.7 Å². The molecule has 2 unspecified atom stereocenters. The van der Waals surface area contributed by atoms with Crippen molar-refractivity contribution in [1.29, 1.82) is 0 Å². The zero-order valence-electron chi connectivity index (χ0n) is 22.4. The smallest absolute Gasteiger partial charge is 0.328 e. The quantitative estimate of drug-likeness (QED) is 0.490. The SMILES string of the molecule is COc1ccc2[nH]c3c(c2c1)CC1(C)C(=O)N(CCN2CCN(C(C)=O)CC2)C(=O)N1C3c1cccc(O)c1. The third-order valence-electron chi connectivity index (χ3n) is 8.52. The third-order valence-corrected chi connectivity index (χ3v) is 8.52. The largest absolute Gasteiger partial charge is 0.508 e. The second-order valence-electron chi connectivity index (χ2n) is 10.8. The molecule has 0 spiro atoms. The molecule has 1 aromatic heterocycles. The van der Waals surface area contributed by atoms with Crippen LogP contribution < -0.4 is 4.74 Å². The van der Waals surface area contributed by atoms with Crippen LogP contribution in [0, 0.1) is 0 Å². The van der Waals surface area contributed by atoms with Crippen LogP contribution in [0.3, 0.4) is 0 Å². The summed E-state index contributed by atoms with van der Waals surface area (Å²) in [5.41, 5.74) is 2.34. The van der Waals surface area contributed by atoms with Gasteiger partial charge in [0.25, 0.3) is 5.91 Å². The van der Waals surface area contributed by atoms with Crippen LogP contribution in [-0.4, -0.2) is 99.5 Å². The summed E-state index contributed by atoms with van der Waals surface area (Å²) in [6, 6.07) is 11.8. The summed E-state index contributed by atoms with van der Waals surface area (Å²) >= 11 is 0. The monoisotopic (exact) mass is 531 g/mol. The lowest BCUT2D eigenvalue weighted by Gasteiger charge is -2.42. The first kappa shape index (κ1) is 25.2. The van der Waals surface area contributed by atoms with Crippen LogP contribution in [0.2, 0.25) is 0 Å². The molecule has 2 N–H and O–H groups in total. The number of benzene rings is 2. The standard InChI is InChI=1S/C29H33N5O5/c1-18(35)32-12-9-31(10-13-32)11-14-33-27(37)29(2)17-23-22-16-21(39-3)7-8-24(22)30-25(23)26(34(29)28(33)38)19-5-4-6-20(36)15-19/h4-8,15-16,26,30,36H,9-14,17H2,1-3H3. The highest BCUT2D eigenvalue weighted by Crippen LogP contribution is 2.49. The Hall–Kier alpha value is -4.05. The molecule has 2 saturated heterocycles. The van der Waals surface area contributed by atoms with Crippen LogP contribution in [0.4, 0.5) is 4.79 Å². The Labute approximate surface area is 226 Å². The van der Waals surface area contributed by atoms with Crippen LogP contribution in [-0.2, 0) is 16.0 Å². The number of hydrogen-bond acceptors (Lipinski definition) is 6. The zero-order valence-corrected chi connectivity index (χ0v) is 22.4. The Morgan fingerprint density at radius 1 is 1.10 bits per heavy atom. The molecule has 3 aliphatic rings. The van der Waals surface area contributed by atoms with Crippen molar-refractivity contribution >= 4 is 28.7 Å². The normalized spacial score (nSPS) is 23.4. The zero-order chi connectivity index (χ0) is 27.5. The number of H-pyrrole nitrogens is 1. The van der Waals surface area contributed by atoms with Gasteiger partial charge in [-0.2, -0.15) is 0 Å². The van der Waals surface area contributed by atoms with Gasteiger partial charge in [0, 0.05) is 69.2 Å². The average Bonchev–Trinajstić information content (AvgIpc) is 3.37. The fourth-order valence-corrected chi connectivity index (χ4v) is 6.39. The summed E-state index contributed by atoms with van der Waals surface area (Å²) in [6.07, 6.45) is 0.364. The number of phenols is 1. The number of piperazine rings is 1. The molecule has 2 atom stereocenters. The van der Waals surface area contributed by atoms with Crippen molar-refractivity contribution in [3.63, 3.8) is 0 Å². The lowest BCUT2D eigenvalue weighted by atomic mass is 9.81. The van der Waals surface area contributed by atoms with E-state index >= 15 is 0 Å². The maximum absolute atomic E-state index is 14.0. The number of amides is 4. The van der Waals surface area contributed by atoms with E-state index in [0.717, 1.165) is 27.7 Å². The van der Waals surface area contributed by atoms with Gasteiger partial charge in [-0.15, -0.1) is 0 Å². The Morgan fingerprint density at radius 3 is 2.56 bits per heavy atom. The molecule has 4 amide bonds. The van der Waals surface area contributed by atoms with Gasteiger partial charge in [-0.25, -0.2) is 4.79 Å². The van der Waals surface area contributed by atoms with Gasteiger partial charge in [-0.3, -0.25) is 24.3 Å². The van der Waals surface area contributed by atoms with Gasteiger partial charge in [-0.1, -0.05) is 12.1 Å². The van der Waals surface area contributed by atoms with Gasteiger partial charge < -0.3 is 19.7 Å². The minimum Gasteiger partial charge on any atom is -0.508 e. The summed E-state index contributed by atoms with van der Waals surface area (Å²) < 4.78 is 5.47. The molecular weight excluding hydrogens is 498 g/mol. The summed E-state index contributed by atoms with van der Waals surface area (Å²) in [6.45, 7) is 6.95. The molecule has 2 fully saturated rings. The number of aromatic nitrogens is 1. The number of urea groups is 1. The minimum absolute atomic E-state index is 0.0655. The second-order valence-corrected chi connectivity index (χ2v) is 10.8. The fourth-order valence-electron chi connectivity index (χ4n) is 6.39. The number of carbonyl (C=O) groups excluding carboxylic acids is 3. The van der Waals surface area contributed by atoms with E-state index in [1.54, 1.807) is 37.1 Å². The number of ether oxygens (including phenoxy) is 1. The van der Waals surface area contributed by atoms with Crippen molar-refractivity contribution in [2.24, 2.45) is 0 Å². The first-order valence-electron chi connectivity index (χ1n) is 13.3. The van der Waals surface area contributed by atoms with E-state index in [0.29, 0.717) is 44.9 Å². The van der Waals surface area contributed by atoms with E-state index in [-0.39, 0.29) is 30.1 Å². The Kier molecular flexibility index (Phi) is 6.02. The molecule has 10 nitrogen and oxygen atoms in total. The molecule has 4 heterocycles. The van der Waals surface area contributed by atoms with Gasteiger partial charge in [-0.05, 0) is 48.4 Å². The number of aromatic amines is 1. The first-order valence-corrected chi connectivity index (χ1v) is 13.3. The topological polar surface area (TPSA) is 109 Å². The molecule has 0 saturated carbocycles. The summed E-state index contributed by atoms with van der Waals surface area (Å²) in [7, 11) is 1.62. The molecule has 204 valence electrons. The average molecular weight is 532 g/mol. The van der Waals surface area contributed by atoms with Gasteiger partial charge in [0.15, 0.2) is 0 Å². The lowest BCUT2D eigenvalue weighted by Crippen LogP contribution is -2.53. The van der Waals surface area contributed by atoms with E-state index in [4.69, 9.17) is 4.74 Å². The van der Waals surface area contributed by atoms with E-state index in [1.807, 2.05) is 36.1 Å². The van der Waals surface area contributed by atoms with Gasteiger partial charge in [0.1, 0.15) is 23.1 Å². The predicted molar refractivity (Wildman–Crippen MR) is 145 cm³/mol. The molecule has 10 heteroatoms. The van der Waals surface area contributed by atoms with Crippen molar-refractivity contribution in [2.75, 3.05) is 46.4 Å². The van der Waals surface area contributed by atoms with Crippen LogP contribution >= 0.6 is 0 Å². The molecule has 6 rings (SSSR count). The number of hydrogen-bond donors (Lipinski definition) is 2. The predicted octanol–water partition coefficient (Wildman–Crippen LogP) is 2.71. The first-order chi connectivity index (χ1) is 18.7. The van der Waals surface area contributed by atoms with Crippen molar-refractivity contribution < 1.29 is 24.2 Å². The van der Waals surface area contributed by atoms with Crippen molar-refractivity contribution in [2.45, 2.75) is 31.8 Å². The van der Waals surface area contributed by atoms with Crippen molar-refractivity contribution in [3.8, 4) is 11.5 Å². The van der Waals surface area contributed by atoms with Crippen LogP contribution in [0.15, 0.2) is 42.5 Å². The number of methoxy groups -OCH3 is 1. The molecule has 2 aromatic carbocycles. The van der Waals surface area contributed by atoms with Gasteiger partial charge in [0.2, 0.25) is 5.91 Å². The molecule has 39 heavy (non-hydrogen) atoms. The molecule has 0 bridgehead atoms. The number of fused-ring (bicyclic) bond motifs is 4. The molecular formula is C29H33N5O5. The number of imide groups is 1. The molecule has 0 aliphatic carbocycles. The van der Waals surface area contributed by atoms with Crippen molar-refractivity contribution in [1.82, 2.24) is 24.6 Å². The number of phenolic OH excluding ortho intramolecular Hbond substituents is 1. The van der Waals surface area contributed by atoms with Gasteiger partial charge >= 0.3 is 6.03 Å². The Bertz CT molecular complexity index is 1480. The summed E-state index contributed by atoms with van der Waals surface area (Å²) in [5, 5.41) is 11.3. The van der Waals surface area contributed by atoms with E-state index in [2.05, 4.69) is 9.88 Å². The second kappa shape index (κ2) is 9.30. The Morgan fingerprint density at radius 2 is 1.87 bits per heavy atom. The molecule has 3 aromatic rings. The molecule has 0 radical (unpaired) electrons. The van der Waals surface area contributed by atoms with E-state index in [1.165, 1.54) is 4.90 Å². The maximum atomic E-state index is 14.0. The number of nitrogens with zero attached hydrogens (tertiary/aromatic N) is 4. The number of nitrogens with one attached hydrogen (secondary N) is 1. The number of rotatable bonds is 5. The van der Waals surface area contributed by atoms with E-state index < -0.39 is 11.6 Å². The van der Waals surface area contributed by atoms with Crippen molar-refractivity contribution in [3.05, 3.63) is 59.3 Å². The lowest BCUT2D eigenvalue weighted by molar-refractivity contribution is -0.133. The highest BCUT2D eigenvalue weighted by atomic mass is 16.5. The number of carbonyl (C=O) groups is 3. The van der Waals surface area contributed by atoms with E-state index in [9.17, 15) is 19.5 Å². The summed E-state index contributed by atoms with van der Waals surface area (Å²) in [5.74, 6) is 0.656. The van der Waals surface area contributed by atoms with Crippen LogP contribution in [0.25, 0.3) is 10.9 Å². The molecule has 3 aliphatic heterocycles. The number of aromatic hydroxyl groups is 1. The Balaban J connectivity index is 1.36.